The number of amidine groups is 1. The molecule has 4 aromatic rings. The number of phenols is 1. The van der Waals surface area contributed by atoms with E-state index < -0.39 is 11.6 Å². The maximum absolute atomic E-state index is 13.4. The number of esters is 1. The molecule has 2 aromatic carbocycles. The number of aliphatic imine (C=N–C) groups is 1. The number of phenolic OH excluding ortho intramolecular Hbond substituents is 1. The van der Waals surface area contributed by atoms with Crippen LogP contribution in [-0.2, 0) is 28.3 Å². The molecule has 0 amide bonds. The highest BCUT2D eigenvalue weighted by Gasteiger charge is 2.45. The van der Waals surface area contributed by atoms with Gasteiger partial charge >= 0.3 is 5.97 Å². The summed E-state index contributed by atoms with van der Waals surface area (Å²) in [6, 6.07) is 15.9. The van der Waals surface area contributed by atoms with Gasteiger partial charge in [-0.05, 0) is 18.6 Å². The molecular weight excluding hydrogens is 460 g/mol. The molecule has 0 spiro atoms. The molecule has 6 rings (SSSR count). The first kappa shape index (κ1) is 22.0. The molecule has 0 bridgehead atoms. The van der Waals surface area contributed by atoms with Gasteiger partial charge in [0.15, 0.2) is 5.60 Å². The smallest absolute Gasteiger partial charge is 0.343 e. The number of ether oxygens (including phenoxy) is 1. The SMILES string of the molecule is CCC1(O)C(=O)OCc2c1cc1n(c2=O)Cc2cc3c(N=C(N)c4ccccc4)cc(O)cc3nc2-1. The maximum atomic E-state index is 13.4. The minimum Gasteiger partial charge on any atom is -0.508 e. The van der Waals surface area contributed by atoms with E-state index >= 15 is 0 Å². The van der Waals surface area contributed by atoms with Crippen LogP contribution in [0.3, 0.4) is 0 Å². The van der Waals surface area contributed by atoms with Crippen molar-refractivity contribution in [2.75, 3.05) is 0 Å². The second-order valence-electron chi connectivity index (χ2n) is 8.99. The van der Waals surface area contributed by atoms with Gasteiger partial charge in [-0.3, -0.25) is 4.79 Å². The van der Waals surface area contributed by atoms with Crippen LogP contribution < -0.4 is 11.3 Å². The van der Waals surface area contributed by atoms with Gasteiger partial charge in [-0.25, -0.2) is 14.8 Å². The summed E-state index contributed by atoms with van der Waals surface area (Å²) in [5, 5.41) is 22.1. The minimum absolute atomic E-state index is 0.0292. The predicted molar refractivity (Wildman–Crippen MR) is 133 cm³/mol. The van der Waals surface area contributed by atoms with Gasteiger partial charge in [0.2, 0.25) is 0 Å². The molecule has 2 aromatic heterocycles. The average Bonchev–Trinajstić information content (AvgIpc) is 3.24. The van der Waals surface area contributed by atoms with Crippen LogP contribution in [0.5, 0.6) is 5.75 Å². The highest BCUT2D eigenvalue weighted by molar-refractivity contribution is 6.03. The number of aromatic hydroxyl groups is 1. The van der Waals surface area contributed by atoms with E-state index in [1.165, 1.54) is 12.1 Å². The molecule has 0 saturated carbocycles. The van der Waals surface area contributed by atoms with Crippen LogP contribution in [0.2, 0.25) is 0 Å². The van der Waals surface area contributed by atoms with Crippen molar-refractivity contribution >= 4 is 28.4 Å². The Bertz CT molecular complexity index is 1680. The zero-order valence-electron chi connectivity index (χ0n) is 19.4. The predicted octanol–water partition coefficient (Wildman–Crippen LogP) is 2.82. The number of cyclic esters (lactones) is 1. The molecule has 4 heterocycles. The van der Waals surface area contributed by atoms with E-state index in [0.717, 1.165) is 11.1 Å². The van der Waals surface area contributed by atoms with Crippen LogP contribution in [0, 0.1) is 0 Å². The van der Waals surface area contributed by atoms with Gasteiger partial charge in [0.25, 0.3) is 5.56 Å². The molecule has 0 radical (unpaired) electrons. The van der Waals surface area contributed by atoms with Crippen LogP contribution >= 0.6 is 0 Å². The van der Waals surface area contributed by atoms with Crippen molar-refractivity contribution in [1.29, 1.82) is 0 Å². The lowest BCUT2D eigenvalue weighted by molar-refractivity contribution is -0.172. The fraction of sp³-hybridized carbons (Fsp3) is 0.185. The topological polar surface area (TPSA) is 140 Å². The Kier molecular flexibility index (Phi) is 4.74. The zero-order chi connectivity index (χ0) is 25.2. The largest absolute Gasteiger partial charge is 0.508 e. The summed E-state index contributed by atoms with van der Waals surface area (Å²) in [7, 11) is 0. The van der Waals surface area contributed by atoms with Gasteiger partial charge in [0, 0.05) is 34.2 Å². The normalized spacial score (nSPS) is 18.5. The Morgan fingerprint density at radius 1 is 1.19 bits per heavy atom. The number of hydrogen-bond donors (Lipinski definition) is 3. The van der Waals surface area contributed by atoms with E-state index in [1.807, 2.05) is 36.4 Å². The second kappa shape index (κ2) is 7.76. The lowest BCUT2D eigenvalue weighted by Gasteiger charge is -2.31. The Morgan fingerprint density at radius 2 is 1.97 bits per heavy atom. The molecule has 2 aliphatic heterocycles. The third-order valence-corrected chi connectivity index (χ3v) is 6.90. The van der Waals surface area contributed by atoms with Crippen molar-refractivity contribution in [2.45, 2.75) is 32.1 Å². The van der Waals surface area contributed by atoms with E-state index in [1.54, 1.807) is 17.6 Å². The molecule has 9 heteroatoms. The molecular formula is C27H22N4O5. The van der Waals surface area contributed by atoms with Gasteiger partial charge in [-0.15, -0.1) is 0 Å². The van der Waals surface area contributed by atoms with Gasteiger partial charge in [0.05, 0.1) is 34.7 Å². The number of pyridine rings is 2. The quantitative estimate of drug-likeness (QED) is 0.204. The zero-order valence-corrected chi connectivity index (χ0v) is 19.4. The number of aliphatic hydroxyl groups is 1. The standard InChI is InChI=1S/C27H22N4O5/c1-2-27(35)19-11-22-23-15(12-31(22)25(33)18(19)13-36-26(27)34)8-17-20(29-23)9-16(32)10-21(17)30-24(28)14-6-4-3-5-7-14/h3-11,32,35H,2,12-13H2,1H3,(H2,28,30). The number of nitrogens with two attached hydrogens (primary N) is 1. The van der Waals surface area contributed by atoms with E-state index in [0.29, 0.717) is 33.8 Å². The first-order valence-corrected chi connectivity index (χ1v) is 11.5. The van der Waals surface area contributed by atoms with E-state index in [4.69, 9.17) is 15.5 Å². The molecule has 0 saturated heterocycles. The highest BCUT2D eigenvalue weighted by Crippen LogP contribution is 2.40. The van der Waals surface area contributed by atoms with Crippen molar-refractivity contribution in [2.24, 2.45) is 10.7 Å². The van der Waals surface area contributed by atoms with E-state index in [2.05, 4.69) is 4.99 Å². The fourth-order valence-corrected chi connectivity index (χ4v) is 4.94. The van der Waals surface area contributed by atoms with Crippen molar-refractivity contribution in [1.82, 2.24) is 9.55 Å². The minimum atomic E-state index is -1.89. The van der Waals surface area contributed by atoms with Crippen LogP contribution in [0.15, 0.2) is 64.4 Å². The van der Waals surface area contributed by atoms with Crippen LogP contribution in [0.1, 0.15) is 35.6 Å². The first-order chi connectivity index (χ1) is 17.3. The molecule has 4 N–H and O–H groups in total. The Balaban J connectivity index is 1.54. The molecule has 36 heavy (non-hydrogen) atoms. The molecule has 180 valence electrons. The lowest BCUT2D eigenvalue weighted by atomic mass is 9.86. The Labute approximate surface area is 205 Å². The van der Waals surface area contributed by atoms with Gasteiger partial charge in [0.1, 0.15) is 18.2 Å². The summed E-state index contributed by atoms with van der Waals surface area (Å²) in [4.78, 5) is 35.0. The molecule has 0 aliphatic carbocycles. The van der Waals surface area contributed by atoms with Crippen molar-refractivity contribution in [3.05, 3.63) is 87.2 Å². The number of carbonyl (C=O) groups is 1. The lowest BCUT2D eigenvalue weighted by Crippen LogP contribution is -2.44. The third-order valence-electron chi connectivity index (χ3n) is 6.90. The maximum Gasteiger partial charge on any atom is 0.343 e. The summed E-state index contributed by atoms with van der Waals surface area (Å²) in [5.41, 5.74) is 7.99. The van der Waals surface area contributed by atoms with Gasteiger partial charge < -0.3 is 25.3 Å². The number of hydrogen-bond acceptors (Lipinski definition) is 7. The first-order valence-electron chi connectivity index (χ1n) is 11.5. The monoisotopic (exact) mass is 482 g/mol. The molecule has 1 unspecified atom stereocenters. The second-order valence-corrected chi connectivity index (χ2v) is 8.99. The average molecular weight is 482 g/mol. The third kappa shape index (κ3) is 3.13. The molecule has 1 atom stereocenters. The Morgan fingerprint density at radius 3 is 2.72 bits per heavy atom. The molecule has 9 nitrogen and oxygen atoms in total. The summed E-state index contributed by atoms with van der Waals surface area (Å²) in [5.74, 6) is -0.507. The van der Waals surface area contributed by atoms with E-state index in [-0.39, 0.29) is 42.0 Å². The van der Waals surface area contributed by atoms with Gasteiger partial charge in [-0.2, -0.15) is 0 Å². The van der Waals surface area contributed by atoms with Crippen molar-refractivity contribution in [3.8, 4) is 17.1 Å². The summed E-state index contributed by atoms with van der Waals surface area (Å²) < 4.78 is 6.68. The number of benzene rings is 2. The molecule has 2 aliphatic rings. The number of carbonyl (C=O) groups excluding carboxylic acids is 1. The van der Waals surface area contributed by atoms with Crippen LogP contribution in [-0.4, -0.2) is 31.6 Å². The summed E-state index contributed by atoms with van der Waals surface area (Å²) in [6.07, 6.45) is 0.0673. The van der Waals surface area contributed by atoms with Crippen LogP contribution in [0.4, 0.5) is 5.69 Å². The highest BCUT2D eigenvalue weighted by atomic mass is 16.6. The van der Waals surface area contributed by atoms with Crippen LogP contribution in [0.25, 0.3) is 22.3 Å². The number of nitrogens with zero attached hydrogens (tertiary/aromatic N) is 3. The summed E-state index contributed by atoms with van der Waals surface area (Å²) in [6.45, 7) is 1.73. The fourth-order valence-electron chi connectivity index (χ4n) is 4.94. The molecule has 0 fully saturated rings. The van der Waals surface area contributed by atoms with E-state index in [9.17, 15) is 19.8 Å². The number of rotatable bonds is 3. The number of fused-ring (bicyclic) bond motifs is 5. The Hall–Kier alpha value is -4.50. The summed E-state index contributed by atoms with van der Waals surface area (Å²) >= 11 is 0. The van der Waals surface area contributed by atoms with Crippen molar-refractivity contribution < 1.29 is 19.7 Å². The number of aromatic nitrogens is 2. The van der Waals surface area contributed by atoms with Gasteiger partial charge in [-0.1, -0.05) is 37.3 Å². The van der Waals surface area contributed by atoms with Crippen molar-refractivity contribution in [3.63, 3.8) is 0 Å².